The lowest BCUT2D eigenvalue weighted by molar-refractivity contribution is 0.696. The van der Waals surface area contributed by atoms with Crippen LogP contribution in [0.3, 0.4) is 0 Å². The van der Waals surface area contributed by atoms with E-state index in [0.717, 1.165) is 0 Å². The topological polar surface area (TPSA) is 0 Å². The fourth-order valence-corrected chi connectivity index (χ4v) is 5.01. The molecule has 4 aliphatic rings. The zero-order valence-corrected chi connectivity index (χ0v) is 14.7. The standard InChI is InChI=1S/C26H18/c1-17-12-13-23-21-10-5-3-8-19(21)16-25(23)26(17)14-6-11-22-20-9-4-2-7-18(20)15-24(22)26/h2-16H,1H3. The Bertz CT molecular complexity index is 1150. The van der Waals surface area contributed by atoms with E-state index < -0.39 is 0 Å². The summed E-state index contributed by atoms with van der Waals surface area (Å²) >= 11 is 0. The number of benzene rings is 2. The molecular weight excluding hydrogens is 312 g/mol. The Morgan fingerprint density at radius 3 is 1.88 bits per heavy atom. The van der Waals surface area contributed by atoms with Crippen LogP contribution in [-0.2, 0) is 0 Å². The van der Waals surface area contributed by atoms with Crippen molar-refractivity contribution in [2.45, 2.75) is 6.92 Å². The summed E-state index contributed by atoms with van der Waals surface area (Å²) in [5, 5.41) is 0. The van der Waals surface area contributed by atoms with E-state index in [-0.39, 0.29) is 5.41 Å². The van der Waals surface area contributed by atoms with E-state index in [1.165, 1.54) is 50.1 Å². The number of rotatable bonds is 0. The predicted molar refractivity (Wildman–Crippen MR) is 110 cm³/mol. The van der Waals surface area contributed by atoms with E-state index in [9.17, 15) is 0 Å². The van der Waals surface area contributed by atoms with Gasteiger partial charge in [-0.05, 0) is 63.6 Å². The van der Waals surface area contributed by atoms with Crippen LogP contribution in [0.25, 0.3) is 23.3 Å². The molecule has 0 heteroatoms. The van der Waals surface area contributed by atoms with Gasteiger partial charge >= 0.3 is 0 Å². The zero-order valence-electron chi connectivity index (χ0n) is 14.7. The first-order chi connectivity index (χ1) is 12.8. The minimum atomic E-state index is -0.161. The maximum absolute atomic E-state index is 2.40. The minimum absolute atomic E-state index is 0.161. The Morgan fingerprint density at radius 1 is 0.654 bits per heavy atom. The van der Waals surface area contributed by atoms with E-state index in [0.29, 0.717) is 0 Å². The third kappa shape index (κ3) is 1.55. The zero-order chi connectivity index (χ0) is 17.3. The molecule has 1 spiro atoms. The molecule has 0 saturated heterocycles. The van der Waals surface area contributed by atoms with Gasteiger partial charge in [0.1, 0.15) is 0 Å². The van der Waals surface area contributed by atoms with Crippen molar-refractivity contribution < 1.29 is 0 Å². The van der Waals surface area contributed by atoms with Gasteiger partial charge in [0.05, 0.1) is 5.41 Å². The molecule has 0 bridgehead atoms. The number of allylic oxidation sites excluding steroid dienone is 10. The molecule has 0 nitrogen and oxygen atoms in total. The van der Waals surface area contributed by atoms with Crippen molar-refractivity contribution in [2.75, 3.05) is 0 Å². The molecular formula is C26H18. The molecule has 0 fully saturated rings. The van der Waals surface area contributed by atoms with Crippen LogP contribution in [0.15, 0.2) is 95.6 Å². The van der Waals surface area contributed by atoms with Gasteiger partial charge in [-0.25, -0.2) is 0 Å². The van der Waals surface area contributed by atoms with Crippen LogP contribution in [0.1, 0.15) is 29.2 Å². The third-order valence-corrected chi connectivity index (χ3v) is 6.26. The highest BCUT2D eigenvalue weighted by atomic mass is 14.5. The summed E-state index contributed by atoms with van der Waals surface area (Å²) in [7, 11) is 0. The van der Waals surface area contributed by atoms with Crippen molar-refractivity contribution in [3.63, 3.8) is 0 Å². The molecule has 6 rings (SSSR count). The van der Waals surface area contributed by atoms with Gasteiger partial charge in [0.2, 0.25) is 0 Å². The molecule has 0 saturated carbocycles. The predicted octanol–water partition coefficient (Wildman–Crippen LogP) is 6.46. The van der Waals surface area contributed by atoms with Crippen LogP contribution in [0, 0.1) is 5.41 Å². The van der Waals surface area contributed by atoms with Crippen LogP contribution in [0.2, 0.25) is 0 Å². The SMILES string of the molecule is CC1=CC=C2C(=Cc3ccccc32)C12C=CC=C1C2=Cc2ccccc21. The average molecular weight is 330 g/mol. The fourth-order valence-electron chi connectivity index (χ4n) is 5.01. The smallest absolute Gasteiger partial charge is 0.0607 e. The van der Waals surface area contributed by atoms with Crippen molar-refractivity contribution in [3.05, 3.63) is 118 Å². The maximum Gasteiger partial charge on any atom is 0.0607 e. The molecule has 0 N–H and O–H groups in total. The molecule has 2 aromatic carbocycles. The number of hydrogen-bond acceptors (Lipinski definition) is 0. The van der Waals surface area contributed by atoms with Gasteiger partial charge in [-0.15, -0.1) is 0 Å². The van der Waals surface area contributed by atoms with E-state index in [1.54, 1.807) is 0 Å². The minimum Gasteiger partial charge on any atom is -0.0655 e. The van der Waals surface area contributed by atoms with Crippen LogP contribution in [0.5, 0.6) is 0 Å². The Balaban J connectivity index is 1.63. The molecule has 1 atom stereocenters. The van der Waals surface area contributed by atoms with Gasteiger partial charge in [-0.1, -0.05) is 84.5 Å². The summed E-state index contributed by atoms with van der Waals surface area (Å²) in [5.41, 5.74) is 12.2. The van der Waals surface area contributed by atoms with Crippen LogP contribution in [-0.4, -0.2) is 0 Å². The van der Waals surface area contributed by atoms with Gasteiger partial charge in [0.25, 0.3) is 0 Å². The maximum atomic E-state index is 2.40. The lowest BCUT2D eigenvalue weighted by Gasteiger charge is -2.40. The third-order valence-electron chi connectivity index (χ3n) is 6.26. The molecule has 26 heavy (non-hydrogen) atoms. The summed E-state index contributed by atoms with van der Waals surface area (Å²) < 4.78 is 0. The molecule has 1 unspecified atom stereocenters. The van der Waals surface area contributed by atoms with E-state index in [2.05, 4.69) is 98.0 Å². The quantitative estimate of drug-likeness (QED) is 0.520. The van der Waals surface area contributed by atoms with Crippen LogP contribution in [0.4, 0.5) is 0 Å². The van der Waals surface area contributed by atoms with E-state index in [4.69, 9.17) is 0 Å². The Labute approximate surface area is 153 Å². The number of fused-ring (bicyclic) bond motifs is 8. The molecule has 0 heterocycles. The molecule has 0 aliphatic heterocycles. The second kappa shape index (κ2) is 4.74. The van der Waals surface area contributed by atoms with Crippen molar-refractivity contribution in [1.82, 2.24) is 0 Å². The monoisotopic (exact) mass is 330 g/mol. The number of hydrogen-bond donors (Lipinski definition) is 0. The molecule has 0 amide bonds. The summed E-state index contributed by atoms with van der Waals surface area (Å²) in [6.45, 7) is 2.27. The van der Waals surface area contributed by atoms with Crippen molar-refractivity contribution in [3.8, 4) is 0 Å². The van der Waals surface area contributed by atoms with Crippen LogP contribution < -0.4 is 0 Å². The molecule has 0 aromatic heterocycles. The first kappa shape index (κ1) is 14.1. The first-order valence-electron chi connectivity index (χ1n) is 9.21. The van der Waals surface area contributed by atoms with Gasteiger partial charge in [-0.2, -0.15) is 0 Å². The average Bonchev–Trinajstić information content (AvgIpc) is 3.24. The lowest BCUT2D eigenvalue weighted by atomic mass is 9.62. The summed E-state index contributed by atoms with van der Waals surface area (Å²) in [6, 6.07) is 17.5. The van der Waals surface area contributed by atoms with Gasteiger partial charge < -0.3 is 0 Å². The molecule has 0 radical (unpaired) electrons. The van der Waals surface area contributed by atoms with Crippen molar-refractivity contribution in [2.24, 2.45) is 5.41 Å². The fraction of sp³-hybridized carbons (Fsp3) is 0.0769. The normalized spacial score (nSPS) is 24.0. The van der Waals surface area contributed by atoms with Crippen molar-refractivity contribution >= 4 is 23.3 Å². The largest absolute Gasteiger partial charge is 0.0655 e. The summed E-state index contributed by atoms with van der Waals surface area (Å²) in [4.78, 5) is 0. The lowest BCUT2D eigenvalue weighted by Crippen LogP contribution is -2.28. The Kier molecular flexibility index (Phi) is 2.57. The van der Waals surface area contributed by atoms with Crippen LogP contribution >= 0.6 is 0 Å². The first-order valence-corrected chi connectivity index (χ1v) is 9.21. The second-order valence-corrected chi connectivity index (χ2v) is 7.47. The highest BCUT2D eigenvalue weighted by Crippen LogP contribution is 2.61. The van der Waals surface area contributed by atoms with Gasteiger partial charge in [-0.3, -0.25) is 0 Å². The highest BCUT2D eigenvalue weighted by molar-refractivity contribution is 6.05. The van der Waals surface area contributed by atoms with E-state index in [1.807, 2.05) is 0 Å². The summed E-state index contributed by atoms with van der Waals surface area (Å²) in [6.07, 6.45) is 16.3. The van der Waals surface area contributed by atoms with Crippen molar-refractivity contribution in [1.29, 1.82) is 0 Å². The van der Waals surface area contributed by atoms with E-state index >= 15 is 0 Å². The molecule has 2 aromatic rings. The Hall–Kier alpha value is -3.12. The summed E-state index contributed by atoms with van der Waals surface area (Å²) in [5.74, 6) is 0. The highest BCUT2D eigenvalue weighted by Gasteiger charge is 2.46. The Morgan fingerprint density at radius 2 is 1.23 bits per heavy atom. The van der Waals surface area contributed by atoms with Gasteiger partial charge in [0, 0.05) is 0 Å². The molecule has 4 aliphatic carbocycles. The second-order valence-electron chi connectivity index (χ2n) is 7.47. The molecule has 122 valence electrons. The van der Waals surface area contributed by atoms with Gasteiger partial charge in [0.15, 0.2) is 0 Å².